The molecule has 0 atom stereocenters. The minimum absolute atomic E-state index is 0.0156. The van der Waals surface area contributed by atoms with Crippen LogP contribution in [-0.2, 0) is 11.2 Å². The third-order valence-electron chi connectivity index (χ3n) is 3.16. The lowest BCUT2D eigenvalue weighted by Crippen LogP contribution is -2.00. The number of rotatable bonds is 5. The van der Waals surface area contributed by atoms with E-state index in [0.717, 1.165) is 10.2 Å². The van der Waals surface area contributed by atoms with Gasteiger partial charge in [-0.2, -0.15) is 0 Å². The summed E-state index contributed by atoms with van der Waals surface area (Å²) in [6.45, 7) is 0. The molecule has 0 aliphatic carbocycles. The molecule has 1 aromatic carbocycles. The lowest BCUT2D eigenvalue weighted by atomic mass is 10.1. The molecule has 6 heteroatoms. The zero-order chi connectivity index (χ0) is 16.8. The Morgan fingerprint density at radius 3 is 2.74 bits per heavy atom. The quantitative estimate of drug-likeness (QED) is 0.806. The highest BCUT2D eigenvalue weighted by Gasteiger charge is 2.08. The van der Waals surface area contributed by atoms with Crippen molar-refractivity contribution in [1.82, 2.24) is 4.98 Å². The van der Waals surface area contributed by atoms with Gasteiger partial charge in [-0.25, -0.2) is 9.78 Å². The van der Waals surface area contributed by atoms with Crippen LogP contribution in [0.3, 0.4) is 0 Å². The number of phenolic OH excluding ortho intramolecular Hbond substituents is 1. The minimum Gasteiger partial charge on any atom is -0.507 e. The Bertz CT molecular complexity index is 743. The monoisotopic (exact) mass is 377 g/mol. The average molecular weight is 378 g/mol. The molecule has 2 rings (SSSR count). The summed E-state index contributed by atoms with van der Waals surface area (Å²) in [4.78, 5) is 15.7. The van der Waals surface area contributed by atoms with Gasteiger partial charge < -0.3 is 14.6 Å². The number of carbonyl (C=O) groups is 1. The summed E-state index contributed by atoms with van der Waals surface area (Å²) in [7, 11) is 2.86. The van der Waals surface area contributed by atoms with Crippen LogP contribution < -0.4 is 4.74 Å². The molecule has 1 heterocycles. The van der Waals surface area contributed by atoms with Crippen molar-refractivity contribution in [2.75, 3.05) is 14.2 Å². The zero-order valence-electron chi connectivity index (χ0n) is 12.7. The van der Waals surface area contributed by atoms with Gasteiger partial charge in [-0.1, -0.05) is 18.2 Å². The zero-order valence-corrected chi connectivity index (χ0v) is 14.3. The number of hydrogen-bond acceptors (Lipinski definition) is 5. The predicted molar refractivity (Wildman–Crippen MR) is 90.7 cm³/mol. The summed E-state index contributed by atoms with van der Waals surface area (Å²) in [6.07, 6.45) is 4.21. The highest BCUT2D eigenvalue weighted by atomic mass is 79.9. The van der Waals surface area contributed by atoms with Gasteiger partial charge in [0.25, 0.3) is 0 Å². The number of aromatic nitrogens is 1. The number of ether oxygens (including phenoxy) is 2. The Hall–Kier alpha value is -2.34. The molecule has 0 bridgehead atoms. The van der Waals surface area contributed by atoms with Crippen molar-refractivity contribution in [2.45, 2.75) is 6.42 Å². The van der Waals surface area contributed by atoms with E-state index in [-0.39, 0.29) is 5.75 Å². The Kier molecular flexibility index (Phi) is 5.76. The van der Waals surface area contributed by atoms with E-state index in [1.54, 1.807) is 31.4 Å². The molecular formula is C17H16BrNO4. The fourth-order valence-electron chi connectivity index (χ4n) is 1.95. The molecule has 0 fully saturated rings. The van der Waals surface area contributed by atoms with E-state index < -0.39 is 5.97 Å². The van der Waals surface area contributed by atoms with Gasteiger partial charge in [0.15, 0.2) is 0 Å². The van der Waals surface area contributed by atoms with Crippen molar-refractivity contribution < 1.29 is 19.4 Å². The number of allylic oxidation sites excluding steroid dienone is 1. The third-order valence-corrected chi connectivity index (χ3v) is 3.88. The predicted octanol–water partition coefficient (Wildman–Crippen LogP) is 3.60. The molecule has 5 nitrogen and oxygen atoms in total. The van der Waals surface area contributed by atoms with Crippen LogP contribution in [0.4, 0.5) is 0 Å². The number of esters is 1. The molecule has 0 radical (unpaired) electrons. The Balaban J connectivity index is 2.13. The highest BCUT2D eigenvalue weighted by molar-refractivity contribution is 9.10. The topological polar surface area (TPSA) is 68.7 Å². The number of benzene rings is 1. The molecule has 2 aromatic rings. The van der Waals surface area contributed by atoms with Gasteiger partial charge in [-0.05, 0) is 34.1 Å². The molecule has 0 saturated carbocycles. The number of aromatic hydroxyl groups is 1. The molecular weight excluding hydrogens is 362 g/mol. The number of hydrogen-bond donors (Lipinski definition) is 1. The van der Waals surface area contributed by atoms with Crippen molar-refractivity contribution >= 4 is 28.0 Å². The second-order valence-electron chi connectivity index (χ2n) is 4.65. The van der Waals surface area contributed by atoms with Crippen LogP contribution >= 0.6 is 15.9 Å². The molecule has 1 N–H and O–H groups in total. The summed E-state index contributed by atoms with van der Waals surface area (Å²) in [5, 5.41) is 9.97. The van der Waals surface area contributed by atoms with E-state index >= 15 is 0 Å². The van der Waals surface area contributed by atoms with E-state index in [1.165, 1.54) is 13.2 Å². The maximum Gasteiger partial charge on any atom is 0.337 e. The molecule has 0 spiro atoms. The lowest BCUT2D eigenvalue weighted by molar-refractivity contribution is 0.0600. The van der Waals surface area contributed by atoms with Gasteiger partial charge in [-0.15, -0.1) is 0 Å². The molecule has 1 aromatic heterocycles. The lowest BCUT2D eigenvalue weighted by Gasteiger charge is -2.05. The van der Waals surface area contributed by atoms with Crippen LogP contribution in [0.2, 0.25) is 0 Å². The maximum absolute atomic E-state index is 11.4. The SMILES string of the molecule is COC(=O)c1ccc(C=CCc2nc(OC)ccc2Br)c(O)c1. The summed E-state index contributed by atoms with van der Waals surface area (Å²) in [6, 6.07) is 8.29. The van der Waals surface area contributed by atoms with Gasteiger partial charge in [0.2, 0.25) is 5.88 Å². The van der Waals surface area contributed by atoms with Crippen molar-refractivity contribution in [2.24, 2.45) is 0 Å². The minimum atomic E-state index is -0.486. The van der Waals surface area contributed by atoms with Crippen molar-refractivity contribution in [3.05, 3.63) is 57.7 Å². The third kappa shape index (κ3) is 4.32. The van der Waals surface area contributed by atoms with Crippen molar-refractivity contribution in [3.63, 3.8) is 0 Å². The first kappa shape index (κ1) is 17.0. The molecule has 0 unspecified atom stereocenters. The fourth-order valence-corrected chi connectivity index (χ4v) is 2.33. The summed E-state index contributed by atoms with van der Waals surface area (Å²) in [5.74, 6) is 0.0732. The average Bonchev–Trinajstić information content (AvgIpc) is 2.57. The van der Waals surface area contributed by atoms with Crippen LogP contribution in [0.1, 0.15) is 21.6 Å². The summed E-state index contributed by atoms with van der Waals surface area (Å²) in [5.41, 5.74) is 1.74. The van der Waals surface area contributed by atoms with Crippen LogP contribution in [0.15, 0.2) is 40.9 Å². The van der Waals surface area contributed by atoms with Crippen LogP contribution in [0, 0.1) is 0 Å². The molecule has 120 valence electrons. The summed E-state index contributed by atoms with van der Waals surface area (Å²) < 4.78 is 10.6. The molecule has 0 aliphatic rings. The van der Waals surface area contributed by atoms with E-state index in [0.29, 0.717) is 23.4 Å². The fraction of sp³-hybridized carbons (Fsp3) is 0.176. The Morgan fingerprint density at radius 2 is 2.09 bits per heavy atom. The first-order chi connectivity index (χ1) is 11.0. The normalized spacial score (nSPS) is 10.7. The standard InChI is InChI=1S/C17H16BrNO4/c1-22-16-9-8-13(18)14(19-16)5-3-4-11-6-7-12(10-15(11)20)17(21)23-2/h3-4,6-10,20H,5H2,1-2H3. The van der Waals surface area contributed by atoms with Crippen molar-refractivity contribution in [3.8, 4) is 11.6 Å². The molecule has 0 saturated heterocycles. The number of methoxy groups -OCH3 is 2. The molecule has 0 amide bonds. The van der Waals surface area contributed by atoms with Gasteiger partial charge in [-0.3, -0.25) is 0 Å². The molecule has 23 heavy (non-hydrogen) atoms. The maximum atomic E-state index is 11.4. The van der Waals surface area contributed by atoms with Gasteiger partial charge in [0.1, 0.15) is 5.75 Å². The van der Waals surface area contributed by atoms with E-state index in [2.05, 4.69) is 25.7 Å². The highest BCUT2D eigenvalue weighted by Crippen LogP contribution is 2.22. The van der Waals surface area contributed by atoms with Crippen LogP contribution in [0.5, 0.6) is 11.6 Å². The van der Waals surface area contributed by atoms with Crippen molar-refractivity contribution in [1.29, 1.82) is 0 Å². The number of phenols is 1. The number of pyridine rings is 1. The largest absolute Gasteiger partial charge is 0.507 e. The van der Waals surface area contributed by atoms with E-state index in [9.17, 15) is 9.90 Å². The second kappa shape index (κ2) is 7.78. The summed E-state index contributed by atoms with van der Waals surface area (Å²) >= 11 is 3.44. The van der Waals surface area contributed by atoms with Gasteiger partial charge >= 0.3 is 5.97 Å². The first-order valence-corrected chi connectivity index (χ1v) is 7.61. The Morgan fingerprint density at radius 1 is 1.30 bits per heavy atom. The smallest absolute Gasteiger partial charge is 0.337 e. The number of halogens is 1. The Labute approximate surface area is 142 Å². The number of nitrogens with zero attached hydrogens (tertiary/aromatic N) is 1. The second-order valence-corrected chi connectivity index (χ2v) is 5.51. The van der Waals surface area contributed by atoms with Crippen LogP contribution in [0.25, 0.3) is 6.08 Å². The van der Waals surface area contributed by atoms with E-state index in [4.69, 9.17) is 4.74 Å². The van der Waals surface area contributed by atoms with Crippen LogP contribution in [-0.4, -0.2) is 30.3 Å². The number of carbonyl (C=O) groups excluding carboxylic acids is 1. The molecule has 0 aliphatic heterocycles. The first-order valence-electron chi connectivity index (χ1n) is 6.82. The van der Waals surface area contributed by atoms with Gasteiger partial charge in [0.05, 0.1) is 25.5 Å². The van der Waals surface area contributed by atoms with Gasteiger partial charge in [0, 0.05) is 22.5 Å². The van der Waals surface area contributed by atoms with E-state index in [1.807, 2.05) is 12.1 Å².